The number of aliphatic hydroxyl groups is 1. The van der Waals surface area contributed by atoms with Crippen LogP contribution in [0.4, 0.5) is 0 Å². The summed E-state index contributed by atoms with van der Waals surface area (Å²) in [5, 5.41) is 8.23. The van der Waals surface area contributed by atoms with Gasteiger partial charge in [0.25, 0.3) is 0 Å². The van der Waals surface area contributed by atoms with E-state index in [1.807, 2.05) is 0 Å². The summed E-state index contributed by atoms with van der Waals surface area (Å²) in [7, 11) is 0. The highest BCUT2D eigenvalue weighted by Crippen LogP contribution is 1.65. The zero-order valence-corrected chi connectivity index (χ0v) is 5.22. The Morgan fingerprint density at radius 1 is 1.62 bits per heavy atom. The van der Waals surface area contributed by atoms with Crippen molar-refractivity contribution in [3.8, 4) is 0 Å². The first-order chi connectivity index (χ1) is 3.91. The Kier molecular flexibility index (Phi) is 6.78. The van der Waals surface area contributed by atoms with E-state index in [2.05, 4.69) is 17.8 Å². The molecule has 1 radical (unpaired) electrons. The molecular formula is C5H13N2O. The third-order valence-electron chi connectivity index (χ3n) is 0.685. The van der Waals surface area contributed by atoms with Gasteiger partial charge in [0.15, 0.2) is 0 Å². The van der Waals surface area contributed by atoms with Gasteiger partial charge in [0.2, 0.25) is 0 Å². The Hall–Kier alpha value is -0.120. The third kappa shape index (κ3) is 5.88. The zero-order chi connectivity index (χ0) is 6.24. The van der Waals surface area contributed by atoms with Gasteiger partial charge in [-0.15, -0.1) is 0 Å². The highest BCUT2D eigenvalue weighted by atomic mass is 16.3. The average Bonchev–Trinajstić information content (AvgIpc) is 1.81. The van der Waals surface area contributed by atoms with Crippen LogP contribution in [-0.4, -0.2) is 24.8 Å². The zero-order valence-electron chi connectivity index (χ0n) is 5.22. The second-order valence-corrected chi connectivity index (χ2v) is 1.51. The lowest BCUT2D eigenvalue weighted by atomic mass is 10.5. The lowest BCUT2D eigenvalue weighted by molar-refractivity contribution is 0.281. The van der Waals surface area contributed by atoms with Crippen molar-refractivity contribution in [1.82, 2.24) is 10.9 Å². The SMILES string of the molecule is CCCN[N]CCO. The maximum atomic E-state index is 8.23. The summed E-state index contributed by atoms with van der Waals surface area (Å²) < 4.78 is 0. The maximum Gasteiger partial charge on any atom is 0.0587 e. The van der Waals surface area contributed by atoms with Gasteiger partial charge in [0.05, 0.1) is 13.2 Å². The molecule has 8 heavy (non-hydrogen) atoms. The first-order valence-corrected chi connectivity index (χ1v) is 2.92. The maximum absolute atomic E-state index is 8.23. The van der Waals surface area contributed by atoms with Crippen LogP contribution < -0.4 is 10.9 Å². The van der Waals surface area contributed by atoms with E-state index in [1.54, 1.807) is 0 Å². The van der Waals surface area contributed by atoms with E-state index < -0.39 is 0 Å². The van der Waals surface area contributed by atoms with Crippen LogP contribution in [0.3, 0.4) is 0 Å². The van der Waals surface area contributed by atoms with Crippen LogP contribution >= 0.6 is 0 Å². The molecule has 0 rings (SSSR count). The van der Waals surface area contributed by atoms with Crippen LogP contribution in [0.15, 0.2) is 0 Å². The van der Waals surface area contributed by atoms with Gasteiger partial charge in [-0.25, -0.2) is 5.43 Å². The lowest BCUT2D eigenvalue weighted by Gasteiger charge is -1.97. The monoisotopic (exact) mass is 117 g/mol. The molecule has 49 valence electrons. The Balaban J connectivity index is 2.53. The number of rotatable bonds is 5. The topological polar surface area (TPSA) is 46.4 Å². The molecule has 3 heteroatoms. The molecule has 0 spiro atoms. The summed E-state index contributed by atoms with van der Waals surface area (Å²) in [6.07, 6.45) is 1.08. The predicted octanol–water partition coefficient (Wildman–Crippen LogP) is -0.502. The number of nitrogens with zero attached hydrogens (tertiary/aromatic N) is 1. The van der Waals surface area contributed by atoms with Crippen LogP contribution in [-0.2, 0) is 0 Å². The summed E-state index contributed by atoms with van der Waals surface area (Å²) in [4.78, 5) is 0. The Labute approximate surface area is 50.1 Å². The van der Waals surface area contributed by atoms with E-state index in [-0.39, 0.29) is 6.61 Å². The van der Waals surface area contributed by atoms with Gasteiger partial charge < -0.3 is 5.11 Å². The van der Waals surface area contributed by atoms with Crippen molar-refractivity contribution in [3.05, 3.63) is 0 Å². The van der Waals surface area contributed by atoms with Gasteiger partial charge in [0.1, 0.15) is 0 Å². The lowest BCUT2D eigenvalue weighted by Crippen LogP contribution is -2.27. The first-order valence-electron chi connectivity index (χ1n) is 2.92. The number of hydrogen-bond acceptors (Lipinski definition) is 2. The van der Waals surface area contributed by atoms with Gasteiger partial charge in [0, 0.05) is 6.54 Å². The van der Waals surface area contributed by atoms with Crippen molar-refractivity contribution in [3.63, 3.8) is 0 Å². The van der Waals surface area contributed by atoms with Gasteiger partial charge in [-0.2, -0.15) is 5.43 Å². The summed E-state index contributed by atoms with van der Waals surface area (Å²) in [6.45, 7) is 3.61. The molecule has 0 aliphatic heterocycles. The number of hydrogen-bond donors (Lipinski definition) is 2. The molecular weight excluding hydrogens is 104 g/mol. The van der Waals surface area contributed by atoms with Crippen molar-refractivity contribution < 1.29 is 5.11 Å². The average molecular weight is 117 g/mol. The summed E-state index contributed by atoms with van der Waals surface area (Å²) in [5.74, 6) is 0. The fourth-order valence-corrected chi connectivity index (χ4v) is 0.320. The van der Waals surface area contributed by atoms with Crippen LogP contribution in [0.2, 0.25) is 0 Å². The molecule has 0 aromatic rings. The van der Waals surface area contributed by atoms with Gasteiger partial charge >= 0.3 is 0 Å². The molecule has 2 N–H and O–H groups in total. The minimum atomic E-state index is 0.136. The molecule has 0 bridgehead atoms. The molecule has 0 aliphatic carbocycles. The van der Waals surface area contributed by atoms with E-state index in [0.717, 1.165) is 13.0 Å². The van der Waals surface area contributed by atoms with Crippen LogP contribution in [0, 0.1) is 0 Å². The second kappa shape index (κ2) is 6.88. The molecule has 0 aromatic carbocycles. The van der Waals surface area contributed by atoms with Crippen molar-refractivity contribution in [2.45, 2.75) is 13.3 Å². The summed E-state index contributed by atoms with van der Waals surface area (Å²) in [6, 6.07) is 0. The Morgan fingerprint density at radius 2 is 2.38 bits per heavy atom. The fraction of sp³-hybridized carbons (Fsp3) is 1.00. The summed E-state index contributed by atoms with van der Waals surface area (Å²) >= 11 is 0. The molecule has 0 unspecified atom stereocenters. The van der Waals surface area contributed by atoms with Gasteiger partial charge in [-0.05, 0) is 6.42 Å². The number of nitrogens with one attached hydrogen (secondary N) is 1. The minimum absolute atomic E-state index is 0.136. The van der Waals surface area contributed by atoms with Crippen molar-refractivity contribution in [2.24, 2.45) is 0 Å². The van der Waals surface area contributed by atoms with E-state index >= 15 is 0 Å². The highest BCUT2D eigenvalue weighted by Gasteiger charge is 1.81. The molecule has 0 aliphatic rings. The molecule has 0 amide bonds. The highest BCUT2D eigenvalue weighted by molar-refractivity contribution is 4.36. The second-order valence-electron chi connectivity index (χ2n) is 1.51. The van der Waals surface area contributed by atoms with Gasteiger partial charge in [-0.1, -0.05) is 6.92 Å². The van der Waals surface area contributed by atoms with Crippen molar-refractivity contribution >= 4 is 0 Å². The Bertz CT molecular complexity index is 35.4. The van der Waals surface area contributed by atoms with Crippen molar-refractivity contribution in [2.75, 3.05) is 19.7 Å². The van der Waals surface area contributed by atoms with Crippen molar-refractivity contribution in [1.29, 1.82) is 0 Å². The predicted molar refractivity (Wildman–Crippen MR) is 32.4 cm³/mol. The van der Waals surface area contributed by atoms with Crippen LogP contribution in [0.1, 0.15) is 13.3 Å². The minimum Gasteiger partial charge on any atom is -0.395 e. The molecule has 0 atom stereocenters. The van der Waals surface area contributed by atoms with E-state index in [0.29, 0.717) is 6.54 Å². The summed E-state index contributed by atoms with van der Waals surface area (Å²) in [5.41, 5.74) is 6.58. The molecule has 3 nitrogen and oxygen atoms in total. The molecule has 0 aromatic heterocycles. The van der Waals surface area contributed by atoms with Gasteiger partial charge in [-0.3, -0.25) is 0 Å². The molecule has 0 heterocycles. The van der Waals surface area contributed by atoms with E-state index in [9.17, 15) is 0 Å². The van der Waals surface area contributed by atoms with E-state index in [4.69, 9.17) is 5.11 Å². The smallest absolute Gasteiger partial charge is 0.0587 e. The first kappa shape index (κ1) is 7.88. The fourth-order valence-electron chi connectivity index (χ4n) is 0.320. The standard InChI is InChI=1S/C5H13N2O/c1-2-3-6-7-4-5-8/h6,8H,2-5H2,1H3. The third-order valence-corrected chi connectivity index (χ3v) is 0.685. The normalized spacial score (nSPS) is 9.75. The quantitative estimate of drug-likeness (QED) is 0.376. The van der Waals surface area contributed by atoms with E-state index in [1.165, 1.54) is 0 Å². The number of aliphatic hydroxyl groups excluding tert-OH is 1. The van der Waals surface area contributed by atoms with Crippen LogP contribution in [0.25, 0.3) is 0 Å². The molecule has 0 fully saturated rings. The molecule has 0 saturated heterocycles. The molecule has 0 saturated carbocycles. The van der Waals surface area contributed by atoms with Crippen LogP contribution in [0.5, 0.6) is 0 Å². The largest absolute Gasteiger partial charge is 0.395 e. The Morgan fingerprint density at radius 3 is 2.88 bits per heavy atom.